The summed E-state index contributed by atoms with van der Waals surface area (Å²) in [6.07, 6.45) is 0. The van der Waals surface area contributed by atoms with Crippen LogP contribution in [0.15, 0.2) is 36.4 Å². The van der Waals surface area contributed by atoms with Crippen LogP contribution in [0.2, 0.25) is 0 Å². The Morgan fingerprint density at radius 2 is 1.12 bits per heavy atom. The Morgan fingerprint density at radius 1 is 0.765 bits per heavy atom. The van der Waals surface area contributed by atoms with Gasteiger partial charge in [0, 0.05) is 16.5 Å². The van der Waals surface area contributed by atoms with Gasteiger partial charge in [-0.3, -0.25) is 0 Å². The van der Waals surface area contributed by atoms with Crippen LogP contribution < -0.4 is 0 Å². The van der Waals surface area contributed by atoms with Crippen LogP contribution in [0.3, 0.4) is 0 Å². The van der Waals surface area contributed by atoms with E-state index in [1.165, 1.54) is 24.3 Å². The van der Waals surface area contributed by atoms with Gasteiger partial charge < -0.3 is 10.2 Å². The van der Waals surface area contributed by atoms with E-state index in [4.69, 9.17) is 10.2 Å². The number of carboxylic acids is 2. The van der Waals surface area contributed by atoms with Gasteiger partial charge in [0.25, 0.3) is 0 Å². The summed E-state index contributed by atoms with van der Waals surface area (Å²) in [6.45, 7) is 0. The van der Waals surface area contributed by atoms with Crippen LogP contribution in [0.1, 0.15) is 20.7 Å². The molecule has 90 valence electrons. The SMILES string of the molecule is O=C(O)c1cccc2c(C(=O)O)cccc12.[Ni]. The summed E-state index contributed by atoms with van der Waals surface area (Å²) in [5.41, 5.74) is 0.223. The van der Waals surface area contributed by atoms with E-state index in [0.29, 0.717) is 10.8 Å². The molecule has 2 aromatic rings. The van der Waals surface area contributed by atoms with Crippen molar-refractivity contribution in [2.45, 2.75) is 0 Å². The Balaban J connectivity index is 0.00000144. The second kappa shape index (κ2) is 4.98. The molecule has 0 aliphatic carbocycles. The monoisotopic (exact) mass is 274 g/mol. The fraction of sp³-hybridized carbons (Fsp3) is 0. The first kappa shape index (κ1) is 13.2. The zero-order valence-electron chi connectivity index (χ0n) is 8.49. The van der Waals surface area contributed by atoms with E-state index < -0.39 is 11.9 Å². The average molecular weight is 275 g/mol. The summed E-state index contributed by atoms with van der Waals surface area (Å²) in [5, 5.41) is 18.8. The van der Waals surface area contributed by atoms with E-state index in [1.54, 1.807) is 12.1 Å². The van der Waals surface area contributed by atoms with Gasteiger partial charge in [0.1, 0.15) is 0 Å². The predicted octanol–water partition coefficient (Wildman–Crippen LogP) is 2.23. The molecule has 5 heteroatoms. The maximum absolute atomic E-state index is 10.9. The van der Waals surface area contributed by atoms with Gasteiger partial charge in [0.15, 0.2) is 0 Å². The van der Waals surface area contributed by atoms with Crippen molar-refractivity contribution in [3.63, 3.8) is 0 Å². The molecule has 0 aromatic heterocycles. The van der Waals surface area contributed by atoms with Crippen molar-refractivity contribution in [2.24, 2.45) is 0 Å². The molecule has 2 rings (SSSR count). The Labute approximate surface area is 107 Å². The number of rotatable bonds is 2. The Hall–Kier alpha value is -1.87. The van der Waals surface area contributed by atoms with Gasteiger partial charge in [-0.1, -0.05) is 24.3 Å². The maximum atomic E-state index is 10.9. The second-order valence-corrected chi connectivity index (χ2v) is 3.32. The van der Waals surface area contributed by atoms with Crippen molar-refractivity contribution in [2.75, 3.05) is 0 Å². The summed E-state index contributed by atoms with van der Waals surface area (Å²) in [5.74, 6) is -2.12. The van der Waals surface area contributed by atoms with E-state index in [9.17, 15) is 9.59 Å². The molecule has 0 radical (unpaired) electrons. The third kappa shape index (κ3) is 2.29. The number of aromatic carboxylic acids is 2. The van der Waals surface area contributed by atoms with Crippen LogP contribution in [0.4, 0.5) is 0 Å². The van der Waals surface area contributed by atoms with Crippen LogP contribution in [0.5, 0.6) is 0 Å². The summed E-state index contributed by atoms with van der Waals surface area (Å²) in [4.78, 5) is 21.9. The topological polar surface area (TPSA) is 74.6 Å². The molecule has 0 saturated heterocycles. The van der Waals surface area contributed by atoms with Gasteiger partial charge in [-0.05, 0) is 22.9 Å². The summed E-state index contributed by atoms with van der Waals surface area (Å²) in [7, 11) is 0. The van der Waals surface area contributed by atoms with Gasteiger partial charge in [-0.2, -0.15) is 0 Å². The standard InChI is InChI=1S/C12H8O4.Ni/c13-11(14)9-5-1-3-7-8(9)4-2-6-10(7)12(15)16;/h1-6H,(H,13,14)(H,15,16);. The third-order valence-electron chi connectivity index (χ3n) is 2.38. The first-order valence-electron chi connectivity index (χ1n) is 4.59. The molecular formula is C12H8NiO4. The molecular weight excluding hydrogens is 267 g/mol. The minimum absolute atomic E-state index is 0. The molecule has 2 N–H and O–H groups in total. The minimum Gasteiger partial charge on any atom is -0.478 e. The van der Waals surface area contributed by atoms with Gasteiger partial charge in [0.05, 0.1) is 11.1 Å². The first-order chi connectivity index (χ1) is 7.61. The van der Waals surface area contributed by atoms with Crippen molar-refractivity contribution < 1.29 is 36.3 Å². The minimum atomic E-state index is -1.06. The molecule has 0 bridgehead atoms. The number of benzene rings is 2. The summed E-state index contributed by atoms with van der Waals surface area (Å²) in [6, 6.07) is 9.19. The quantitative estimate of drug-likeness (QED) is 0.824. The zero-order valence-corrected chi connectivity index (χ0v) is 9.48. The predicted molar refractivity (Wildman–Crippen MR) is 57.9 cm³/mol. The molecule has 0 fully saturated rings. The fourth-order valence-corrected chi connectivity index (χ4v) is 1.68. The molecule has 0 spiro atoms. The fourth-order valence-electron chi connectivity index (χ4n) is 1.68. The third-order valence-corrected chi connectivity index (χ3v) is 2.38. The van der Waals surface area contributed by atoms with Crippen LogP contribution >= 0.6 is 0 Å². The van der Waals surface area contributed by atoms with E-state index in [-0.39, 0.29) is 27.6 Å². The van der Waals surface area contributed by atoms with Crippen molar-refractivity contribution >= 4 is 22.7 Å². The number of fused-ring (bicyclic) bond motifs is 1. The van der Waals surface area contributed by atoms with Crippen LogP contribution in [0.25, 0.3) is 10.8 Å². The number of carboxylic acid groups (broad SMARTS) is 2. The van der Waals surface area contributed by atoms with Gasteiger partial charge in [0.2, 0.25) is 0 Å². The van der Waals surface area contributed by atoms with Crippen molar-refractivity contribution in [1.82, 2.24) is 0 Å². The number of hydrogen-bond acceptors (Lipinski definition) is 2. The number of carbonyl (C=O) groups is 2. The normalized spacial score (nSPS) is 9.65. The largest absolute Gasteiger partial charge is 0.478 e. The molecule has 2 aromatic carbocycles. The molecule has 0 saturated carbocycles. The van der Waals surface area contributed by atoms with E-state index in [2.05, 4.69) is 0 Å². The Morgan fingerprint density at radius 3 is 1.41 bits per heavy atom. The molecule has 0 amide bonds. The van der Waals surface area contributed by atoms with E-state index >= 15 is 0 Å². The Bertz CT molecular complexity index is 539. The first-order valence-corrected chi connectivity index (χ1v) is 4.59. The summed E-state index contributed by atoms with van der Waals surface area (Å²) >= 11 is 0. The van der Waals surface area contributed by atoms with E-state index in [1.807, 2.05) is 0 Å². The summed E-state index contributed by atoms with van der Waals surface area (Å²) < 4.78 is 0. The second-order valence-electron chi connectivity index (χ2n) is 3.32. The van der Waals surface area contributed by atoms with E-state index in [0.717, 1.165) is 0 Å². The van der Waals surface area contributed by atoms with Gasteiger partial charge >= 0.3 is 11.9 Å². The molecule has 0 atom stereocenters. The van der Waals surface area contributed by atoms with Gasteiger partial charge in [-0.25, -0.2) is 9.59 Å². The van der Waals surface area contributed by atoms with Crippen LogP contribution in [-0.2, 0) is 16.5 Å². The maximum Gasteiger partial charge on any atom is 0.336 e. The van der Waals surface area contributed by atoms with Gasteiger partial charge in [-0.15, -0.1) is 0 Å². The van der Waals surface area contributed by atoms with Crippen LogP contribution in [0, 0.1) is 0 Å². The zero-order chi connectivity index (χ0) is 11.7. The molecule has 0 heterocycles. The average Bonchev–Trinajstić information content (AvgIpc) is 2.27. The van der Waals surface area contributed by atoms with Crippen molar-refractivity contribution in [3.8, 4) is 0 Å². The molecule has 0 aliphatic heterocycles. The molecule has 17 heavy (non-hydrogen) atoms. The van der Waals surface area contributed by atoms with Crippen molar-refractivity contribution in [1.29, 1.82) is 0 Å². The van der Waals surface area contributed by atoms with Crippen molar-refractivity contribution in [3.05, 3.63) is 47.5 Å². The molecule has 4 nitrogen and oxygen atoms in total. The van der Waals surface area contributed by atoms with Crippen LogP contribution in [-0.4, -0.2) is 22.2 Å². The molecule has 0 unspecified atom stereocenters. The smallest absolute Gasteiger partial charge is 0.336 e. The number of hydrogen-bond donors (Lipinski definition) is 2. The molecule has 0 aliphatic rings. The Kier molecular flexibility index (Phi) is 3.86.